The molecular formula is C12H12N2O5S. The number of sulfone groups is 1. The molecule has 2 rings (SSSR count). The molecule has 106 valence electrons. The maximum absolute atomic E-state index is 12.1. The van der Waals surface area contributed by atoms with Gasteiger partial charge in [-0.1, -0.05) is 23.4 Å². The SMILES string of the molecule is CCOC(=O)c1nc(CS(=O)(=O)c2ccccc2)no1. The van der Waals surface area contributed by atoms with Crippen molar-refractivity contribution in [2.75, 3.05) is 6.61 Å². The third kappa shape index (κ3) is 3.21. The van der Waals surface area contributed by atoms with Crippen LogP contribution in [0.4, 0.5) is 0 Å². The summed E-state index contributed by atoms with van der Waals surface area (Å²) in [5, 5.41) is 3.46. The van der Waals surface area contributed by atoms with E-state index in [4.69, 9.17) is 0 Å². The van der Waals surface area contributed by atoms with Crippen LogP contribution < -0.4 is 0 Å². The fraction of sp³-hybridized carbons (Fsp3) is 0.250. The van der Waals surface area contributed by atoms with Crippen molar-refractivity contribution in [3.63, 3.8) is 0 Å². The minimum Gasteiger partial charge on any atom is -0.459 e. The minimum absolute atomic E-state index is 0.0862. The first-order valence-electron chi connectivity index (χ1n) is 5.80. The van der Waals surface area contributed by atoms with E-state index in [1.54, 1.807) is 25.1 Å². The first kappa shape index (κ1) is 14.2. The summed E-state index contributed by atoms with van der Waals surface area (Å²) in [6.45, 7) is 1.80. The summed E-state index contributed by atoms with van der Waals surface area (Å²) < 4.78 is 33.5. The maximum Gasteiger partial charge on any atom is 0.397 e. The van der Waals surface area contributed by atoms with Gasteiger partial charge in [0.05, 0.1) is 11.5 Å². The Bertz CT molecular complexity index is 694. The van der Waals surface area contributed by atoms with E-state index in [1.165, 1.54) is 12.1 Å². The molecule has 0 fully saturated rings. The lowest BCUT2D eigenvalue weighted by Crippen LogP contribution is -2.08. The monoisotopic (exact) mass is 296 g/mol. The van der Waals surface area contributed by atoms with Gasteiger partial charge in [-0.05, 0) is 19.1 Å². The van der Waals surface area contributed by atoms with Crippen molar-refractivity contribution in [2.24, 2.45) is 0 Å². The van der Waals surface area contributed by atoms with Gasteiger partial charge in [-0.25, -0.2) is 13.2 Å². The van der Waals surface area contributed by atoms with Crippen LogP contribution in [0.2, 0.25) is 0 Å². The second kappa shape index (κ2) is 5.83. The molecule has 1 aromatic heterocycles. The highest BCUT2D eigenvalue weighted by Gasteiger charge is 2.21. The summed E-state index contributed by atoms with van der Waals surface area (Å²) in [6.07, 6.45) is 0. The molecule has 0 saturated heterocycles. The van der Waals surface area contributed by atoms with Crippen LogP contribution in [0.15, 0.2) is 39.8 Å². The molecule has 0 aliphatic rings. The first-order chi connectivity index (χ1) is 9.53. The lowest BCUT2D eigenvalue weighted by Gasteiger charge is -2.00. The molecule has 7 nitrogen and oxygen atoms in total. The molecule has 0 amide bonds. The Morgan fingerprint density at radius 1 is 1.30 bits per heavy atom. The van der Waals surface area contributed by atoms with E-state index < -0.39 is 21.6 Å². The zero-order chi connectivity index (χ0) is 14.6. The number of carbonyl (C=O) groups excluding carboxylic acids is 1. The fourth-order valence-electron chi connectivity index (χ4n) is 1.47. The molecule has 20 heavy (non-hydrogen) atoms. The van der Waals surface area contributed by atoms with Crippen LogP contribution in [0.25, 0.3) is 0 Å². The van der Waals surface area contributed by atoms with Crippen LogP contribution in [0.5, 0.6) is 0 Å². The maximum atomic E-state index is 12.1. The average Bonchev–Trinajstić information content (AvgIpc) is 2.88. The number of benzene rings is 1. The predicted octanol–water partition coefficient (Wildman–Crippen LogP) is 1.22. The van der Waals surface area contributed by atoms with Gasteiger partial charge in [0.1, 0.15) is 5.75 Å². The third-order valence-electron chi connectivity index (χ3n) is 2.34. The predicted molar refractivity (Wildman–Crippen MR) is 67.6 cm³/mol. The Balaban J connectivity index is 2.17. The zero-order valence-electron chi connectivity index (χ0n) is 10.6. The quantitative estimate of drug-likeness (QED) is 0.765. The van der Waals surface area contributed by atoms with Crippen molar-refractivity contribution in [2.45, 2.75) is 17.6 Å². The van der Waals surface area contributed by atoms with Crippen LogP contribution in [-0.2, 0) is 20.3 Å². The van der Waals surface area contributed by atoms with Crippen molar-refractivity contribution in [1.29, 1.82) is 0 Å². The average molecular weight is 296 g/mol. The summed E-state index contributed by atoms with van der Waals surface area (Å²) in [5.74, 6) is -1.66. The lowest BCUT2D eigenvalue weighted by atomic mass is 10.4. The summed E-state index contributed by atoms with van der Waals surface area (Å²) >= 11 is 0. The van der Waals surface area contributed by atoms with E-state index in [1.807, 2.05) is 0 Å². The van der Waals surface area contributed by atoms with Gasteiger partial charge in [-0.15, -0.1) is 0 Å². The molecule has 0 N–H and O–H groups in total. The number of hydrogen-bond acceptors (Lipinski definition) is 7. The lowest BCUT2D eigenvalue weighted by molar-refractivity contribution is 0.0470. The Morgan fingerprint density at radius 3 is 2.65 bits per heavy atom. The Morgan fingerprint density at radius 2 is 2.00 bits per heavy atom. The highest BCUT2D eigenvalue weighted by atomic mass is 32.2. The fourth-order valence-corrected chi connectivity index (χ4v) is 2.67. The highest BCUT2D eigenvalue weighted by molar-refractivity contribution is 7.90. The molecule has 0 bridgehead atoms. The summed E-state index contributed by atoms with van der Waals surface area (Å²) in [4.78, 5) is 15.2. The first-order valence-corrected chi connectivity index (χ1v) is 7.45. The molecule has 0 radical (unpaired) electrons. The third-order valence-corrected chi connectivity index (χ3v) is 3.97. The summed E-state index contributed by atoms with van der Waals surface area (Å²) in [7, 11) is -3.58. The van der Waals surface area contributed by atoms with Gasteiger partial charge in [-0.3, -0.25) is 0 Å². The molecule has 2 aromatic rings. The van der Waals surface area contributed by atoms with Gasteiger partial charge in [-0.2, -0.15) is 4.98 Å². The van der Waals surface area contributed by atoms with E-state index in [2.05, 4.69) is 19.4 Å². The zero-order valence-corrected chi connectivity index (χ0v) is 11.5. The van der Waals surface area contributed by atoms with Crippen molar-refractivity contribution >= 4 is 15.8 Å². The Hall–Kier alpha value is -2.22. The number of carbonyl (C=O) groups is 1. The number of esters is 1. The Labute approximate surface area is 115 Å². The molecule has 0 spiro atoms. The largest absolute Gasteiger partial charge is 0.459 e. The van der Waals surface area contributed by atoms with Crippen molar-refractivity contribution < 1.29 is 22.5 Å². The van der Waals surface area contributed by atoms with E-state index in [0.717, 1.165) is 0 Å². The van der Waals surface area contributed by atoms with Crippen molar-refractivity contribution in [3.05, 3.63) is 42.0 Å². The van der Waals surface area contributed by atoms with Gasteiger partial charge in [0, 0.05) is 0 Å². The number of nitrogens with zero attached hydrogens (tertiary/aromatic N) is 2. The van der Waals surface area contributed by atoms with E-state index in [0.29, 0.717) is 0 Å². The smallest absolute Gasteiger partial charge is 0.397 e. The highest BCUT2D eigenvalue weighted by Crippen LogP contribution is 2.14. The molecule has 1 aromatic carbocycles. The van der Waals surface area contributed by atoms with Gasteiger partial charge in [0.15, 0.2) is 15.7 Å². The molecule has 8 heteroatoms. The van der Waals surface area contributed by atoms with Crippen LogP contribution in [0.1, 0.15) is 23.4 Å². The number of rotatable bonds is 5. The van der Waals surface area contributed by atoms with Gasteiger partial charge >= 0.3 is 11.9 Å². The molecular weight excluding hydrogens is 284 g/mol. The normalized spacial score (nSPS) is 11.2. The number of aromatic nitrogens is 2. The second-order valence-corrected chi connectivity index (χ2v) is 5.80. The minimum atomic E-state index is -3.58. The number of ether oxygens (including phenoxy) is 1. The summed E-state index contributed by atoms with van der Waals surface area (Å²) in [5.41, 5.74) is 0. The second-order valence-electron chi connectivity index (χ2n) is 3.81. The van der Waals surface area contributed by atoms with E-state index >= 15 is 0 Å². The van der Waals surface area contributed by atoms with Crippen LogP contribution in [-0.4, -0.2) is 31.1 Å². The topological polar surface area (TPSA) is 99.4 Å². The molecule has 0 atom stereocenters. The van der Waals surface area contributed by atoms with E-state index in [-0.39, 0.29) is 23.2 Å². The van der Waals surface area contributed by atoms with Crippen molar-refractivity contribution in [3.8, 4) is 0 Å². The van der Waals surface area contributed by atoms with Crippen LogP contribution >= 0.6 is 0 Å². The molecule has 1 heterocycles. The van der Waals surface area contributed by atoms with Gasteiger partial charge in [0.25, 0.3) is 0 Å². The number of hydrogen-bond donors (Lipinski definition) is 0. The molecule has 0 saturated carbocycles. The molecule has 0 unspecified atom stereocenters. The Kier molecular flexibility index (Phi) is 4.14. The standard InChI is InChI=1S/C12H12N2O5S/c1-2-18-12(15)11-13-10(14-19-11)8-20(16,17)9-6-4-3-5-7-9/h3-7H,2,8H2,1H3. The molecule has 0 aliphatic heterocycles. The van der Waals surface area contributed by atoms with Crippen LogP contribution in [0, 0.1) is 0 Å². The van der Waals surface area contributed by atoms with E-state index in [9.17, 15) is 13.2 Å². The summed E-state index contributed by atoms with van der Waals surface area (Å²) in [6, 6.07) is 7.90. The van der Waals surface area contributed by atoms with Crippen molar-refractivity contribution in [1.82, 2.24) is 10.1 Å². The van der Waals surface area contributed by atoms with Crippen LogP contribution in [0.3, 0.4) is 0 Å². The van der Waals surface area contributed by atoms with Gasteiger partial charge in [0.2, 0.25) is 0 Å². The molecule has 0 aliphatic carbocycles. The van der Waals surface area contributed by atoms with Gasteiger partial charge < -0.3 is 9.26 Å².